The first-order valence-electron chi connectivity index (χ1n) is 5.58. The van der Waals surface area contributed by atoms with Crippen LogP contribution in [0, 0.1) is 0 Å². The molecule has 18 heavy (non-hydrogen) atoms. The third-order valence-corrected chi connectivity index (χ3v) is 4.26. The van der Waals surface area contributed by atoms with E-state index in [2.05, 4.69) is 29.4 Å². The molecule has 0 atom stereocenters. The lowest BCUT2D eigenvalue weighted by molar-refractivity contribution is 0.404. The zero-order chi connectivity index (χ0) is 12.8. The van der Waals surface area contributed by atoms with Crippen molar-refractivity contribution < 1.29 is 4.74 Å². The lowest BCUT2D eigenvalue weighted by Gasteiger charge is -2.08. The molecule has 0 aliphatic heterocycles. The number of benzene rings is 1. The van der Waals surface area contributed by atoms with Crippen molar-refractivity contribution in [2.24, 2.45) is 0 Å². The fourth-order valence-corrected chi connectivity index (χ4v) is 2.91. The Morgan fingerprint density at radius 3 is 2.78 bits per heavy atom. The van der Waals surface area contributed by atoms with Crippen LogP contribution in [0.1, 0.15) is 5.56 Å². The molecule has 0 spiro atoms. The van der Waals surface area contributed by atoms with Gasteiger partial charge in [0.25, 0.3) is 0 Å². The Bertz CT molecular complexity index is 502. The van der Waals surface area contributed by atoms with E-state index in [1.54, 1.807) is 30.6 Å². The molecule has 0 N–H and O–H groups in total. The van der Waals surface area contributed by atoms with Gasteiger partial charge in [0, 0.05) is 16.8 Å². The maximum absolute atomic E-state index is 5.38. The number of methoxy groups -OCH3 is 1. The highest BCUT2D eigenvalue weighted by atomic mass is 32.2. The first-order valence-corrected chi connectivity index (χ1v) is 7.79. The van der Waals surface area contributed by atoms with Crippen LogP contribution in [0.2, 0.25) is 0 Å². The molecule has 1 aromatic heterocycles. The first kappa shape index (κ1) is 13.3. The minimum atomic E-state index is 0.905. The summed E-state index contributed by atoms with van der Waals surface area (Å²) in [5.41, 5.74) is 1.25. The van der Waals surface area contributed by atoms with Crippen molar-refractivity contribution in [2.45, 2.75) is 15.7 Å². The van der Waals surface area contributed by atoms with E-state index in [1.165, 1.54) is 10.5 Å². The molecule has 0 aliphatic carbocycles. The third-order valence-electron chi connectivity index (χ3n) is 2.47. The molecule has 2 rings (SSSR count). The zero-order valence-electron chi connectivity index (χ0n) is 10.4. The summed E-state index contributed by atoms with van der Waals surface area (Å²) in [5, 5.41) is 1.05. The molecule has 1 aromatic carbocycles. The van der Waals surface area contributed by atoms with Crippen LogP contribution in [0.3, 0.4) is 0 Å². The molecule has 2 aromatic rings. The van der Waals surface area contributed by atoms with Crippen molar-refractivity contribution in [3.8, 4) is 5.75 Å². The van der Waals surface area contributed by atoms with Gasteiger partial charge < -0.3 is 4.74 Å². The second-order valence-corrected chi connectivity index (χ2v) is 5.49. The van der Waals surface area contributed by atoms with Crippen molar-refractivity contribution in [2.75, 3.05) is 13.4 Å². The summed E-state index contributed by atoms with van der Waals surface area (Å²) in [6.07, 6.45) is 3.87. The monoisotopic (exact) mass is 277 g/mol. The Morgan fingerprint density at radius 1 is 1.22 bits per heavy atom. The first-order chi connectivity index (χ1) is 8.83. The smallest absolute Gasteiger partial charge is 0.132 e. The highest BCUT2D eigenvalue weighted by Crippen LogP contribution is 2.30. The molecule has 0 aliphatic rings. The van der Waals surface area contributed by atoms with Gasteiger partial charge in [-0.05, 0) is 36.1 Å². The van der Waals surface area contributed by atoms with E-state index in [0.29, 0.717) is 0 Å². The van der Waals surface area contributed by atoms with Crippen LogP contribution in [-0.2, 0) is 5.75 Å². The largest absolute Gasteiger partial charge is 0.496 e. The van der Waals surface area contributed by atoms with Gasteiger partial charge in [0.05, 0.1) is 12.1 Å². The maximum atomic E-state index is 5.38. The minimum Gasteiger partial charge on any atom is -0.496 e. The second-order valence-electron chi connectivity index (χ2n) is 3.65. The van der Waals surface area contributed by atoms with Crippen LogP contribution in [0.4, 0.5) is 0 Å². The van der Waals surface area contributed by atoms with Gasteiger partial charge in [-0.1, -0.05) is 12.1 Å². The van der Waals surface area contributed by atoms with E-state index in [-0.39, 0.29) is 0 Å². The number of thioether (sulfide) groups is 2. The molecule has 0 unspecified atom stereocenters. The van der Waals surface area contributed by atoms with E-state index in [0.717, 1.165) is 16.5 Å². The Balaban J connectivity index is 2.06. The topological polar surface area (TPSA) is 22.1 Å². The molecule has 94 valence electrons. The fraction of sp³-hybridized carbons (Fsp3) is 0.214. The highest BCUT2D eigenvalue weighted by Gasteiger charge is 2.04. The molecule has 1 heterocycles. The number of nitrogens with zero attached hydrogens (tertiary/aromatic N) is 1. The van der Waals surface area contributed by atoms with Crippen molar-refractivity contribution in [1.29, 1.82) is 0 Å². The number of aromatic nitrogens is 1. The Labute approximate surface area is 116 Å². The lowest BCUT2D eigenvalue weighted by Crippen LogP contribution is -1.89. The van der Waals surface area contributed by atoms with Gasteiger partial charge in [-0.2, -0.15) is 0 Å². The van der Waals surface area contributed by atoms with Gasteiger partial charge in [0.15, 0.2) is 0 Å². The minimum absolute atomic E-state index is 0.905. The van der Waals surface area contributed by atoms with Crippen molar-refractivity contribution in [3.05, 3.63) is 48.2 Å². The molecular formula is C14H15NOS2. The van der Waals surface area contributed by atoms with Gasteiger partial charge in [-0.25, -0.2) is 4.98 Å². The summed E-state index contributed by atoms with van der Waals surface area (Å²) >= 11 is 3.43. The summed E-state index contributed by atoms with van der Waals surface area (Å²) in [5.74, 6) is 1.85. The van der Waals surface area contributed by atoms with Crippen molar-refractivity contribution in [1.82, 2.24) is 4.98 Å². The number of pyridine rings is 1. The molecule has 0 fully saturated rings. The van der Waals surface area contributed by atoms with Gasteiger partial charge in [0.2, 0.25) is 0 Å². The molecule has 4 heteroatoms. The standard InChI is InChI=1S/C14H15NOS2/c1-16-12-9-11(6-7-13(12)17-2)10-18-14-5-3-4-8-15-14/h3-9H,10H2,1-2H3. The number of rotatable bonds is 5. The predicted octanol–water partition coefficient (Wildman–Crippen LogP) is 4.10. The van der Waals surface area contributed by atoms with Crippen LogP contribution in [0.5, 0.6) is 5.75 Å². The van der Waals surface area contributed by atoms with Crippen molar-refractivity contribution >= 4 is 23.5 Å². The van der Waals surface area contributed by atoms with Crippen LogP contribution in [-0.4, -0.2) is 18.3 Å². The van der Waals surface area contributed by atoms with E-state index >= 15 is 0 Å². The normalized spacial score (nSPS) is 10.3. The maximum Gasteiger partial charge on any atom is 0.132 e. The average Bonchev–Trinajstić information content (AvgIpc) is 2.45. The summed E-state index contributed by atoms with van der Waals surface area (Å²) in [7, 11) is 1.71. The Morgan fingerprint density at radius 2 is 2.11 bits per heavy atom. The van der Waals surface area contributed by atoms with Crippen LogP contribution >= 0.6 is 23.5 Å². The molecule has 0 saturated carbocycles. The molecule has 0 radical (unpaired) electrons. The fourth-order valence-electron chi connectivity index (χ4n) is 1.56. The van der Waals surface area contributed by atoms with E-state index in [9.17, 15) is 0 Å². The van der Waals surface area contributed by atoms with Gasteiger partial charge in [-0.3, -0.25) is 0 Å². The molecule has 0 amide bonds. The van der Waals surface area contributed by atoms with E-state index in [1.807, 2.05) is 24.4 Å². The Kier molecular flexibility index (Phi) is 4.96. The average molecular weight is 277 g/mol. The Hall–Kier alpha value is -1.13. The molecule has 0 bridgehead atoms. The van der Waals surface area contributed by atoms with Crippen LogP contribution in [0.25, 0.3) is 0 Å². The van der Waals surface area contributed by atoms with E-state index in [4.69, 9.17) is 4.74 Å². The quantitative estimate of drug-likeness (QED) is 0.767. The highest BCUT2D eigenvalue weighted by molar-refractivity contribution is 7.98. The second kappa shape index (κ2) is 6.71. The zero-order valence-corrected chi connectivity index (χ0v) is 12.1. The molecule has 0 saturated heterocycles. The summed E-state index contributed by atoms with van der Waals surface area (Å²) in [4.78, 5) is 5.47. The third kappa shape index (κ3) is 3.43. The van der Waals surface area contributed by atoms with Gasteiger partial charge in [-0.15, -0.1) is 23.5 Å². The van der Waals surface area contributed by atoms with Crippen LogP contribution < -0.4 is 4.74 Å². The van der Waals surface area contributed by atoms with Gasteiger partial charge in [0.1, 0.15) is 5.75 Å². The number of ether oxygens (including phenoxy) is 1. The van der Waals surface area contributed by atoms with Crippen LogP contribution in [0.15, 0.2) is 52.5 Å². The number of hydrogen-bond donors (Lipinski definition) is 0. The SMILES string of the molecule is COc1cc(CSc2ccccn2)ccc1SC. The number of hydrogen-bond acceptors (Lipinski definition) is 4. The van der Waals surface area contributed by atoms with Gasteiger partial charge >= 0.3 is 0 Å². The summed E-state index contributed by atoms with van der Waals surface area (Å²) in [6, 6.07) is 12.3. The lowest BCUT2D eigenvalue weighted by atomic mass is 10.2. The molecule has 2 nitrogen and oxygen atoms in total. The van der Waals surface area contributed by atoms with Crippen molar-refractivity contribution in [3.63, 3.8) is 0 Å². The summed E-state index contributed by atoms with van der Waals surface area (Å²) < 4.78 is 5.38. The summed E-state index contributed by atoms with van der Waals surface area (Å²) in [6.45, 7) is 0. The molecular weight excluding hydrogens is 262 g/mol. The van der Waals surface area contributed by atoms with E-state index < -0.39 is 0 Å². The predicted molar refractivity (Wildman–Crippen MR) is 78.6 cm³/mol.